The van der Waals surface area contributed by atoms with Crippen molar-refractivity contribution >= 4 is 15.9 Å². The molecule has 2 unspecified atom stereocenters. The minimum Gasteiger partial charge on any atom is -0.378 e. The van der Waals surface area contributed by atoms with Crippen molar-refractivity contribution in [3.63, 3.8) is 0 Å². The predicted molar refractivity (Wildman–Crippen MR) is 69.4 cm³/mol. The van der Waals surface area contributed by atoms with Crippen molar-refractivity contribution in [2.45, 2.75) is 26.0 Å². The topological polar surface area (TPSA) is 21.3 Å². The van der Waals surface area contributed by atoms with Crippen molar-refractivity contribution in [3.8, 4) is 0 Å². The quantitative estimate of drug-likeness (QED) is 0.917. The molecule has 1 aromatic carbocycles. The lowest BCUT2D eigenvalue weighted by molar-refractivity contribution is 0.105. The number of hydrogen-bond acceptors (Lipinski definition) is 2. The van der Waals surface area contributed by atoms with Crippen LogP contribution in [-0.4, -0.2) is 19.3 Å². The summed E-state index contributed by atoms with van der Waals surface area (Å²) in [7, 11) is 0. The second kappa shape index (κ2) is 5.80. The lowest BCUT2D eigenvalue weighted by Crippen LogP contribution is -2.26. The van der Waals surface area contributed by atoms with Crippen LogP contribution in [0.25, 0.3) is 0 Å². The third kappa shape index (κ3) is 3.06. The van der Waals surface area contributed by atoms with E-state index in [1.807, 2.05) is 6.07 Å². The molecule has 1 saturated heterocycles. The van der Waals surface area contributed by atoms with Crippen LogP contribution < -0.4 is 5.32 Å². The Morgan fingerprint density at radius 3 is 2.94 bits per heavy atom. The highest BCUT2D eigenvalue weighted by atomic mass is 79.9. The summed E-state index contributed by atoms with van der Waals surface area (Å²) in [5.41, 5.74) is 1.31. The van der Waals surface area contributed by atoms with Crippen LogP contribution in [0.2, 0.25) is 0 Å². The Kier molecular flexibility index (Phi) is 4.38. The van der Waals surface area contributed by atoms with Crippen molar-refractivity contribution in [1.29, 1.82) is 0 Å². The monoisotopic (exact) mass is 283 g/mol. The second-order valence-corrected chi connectivity index (χ2v) is 5.20. The molecule has 0 amide bonds. The second-order valence-electron chi connectivity index (χ2n) is 4.35. The molecule has 1 aromatic rings. The van der Waals surface area contributed by atoms with Crippen molar-refractivity contribution in [2.75, 3.05) is 13.2 Å². The normalized spacial score (nSPS) is 24.9. The highest BCUT2D eigenvalue weighted by Crippen LogP contribution is 2.20. The van der Waals surface area contributed by atoms with Crippen LogP contribution in [0.3, 0.4) is 0 Å². The van der Waals surface area contributed by atoms with Crippen LogP contribution in [0.5, 0.6) is 0 Å². The van der Waals surface area contributed by atoms with Gasteiger partial charge in [-0.15, -0.1) is 0 Å². The SMILES string of the molecule is CC1OCCC1CNCc1ccccc1Br. The average Bonchev–Trinajstić information content (AvgIpc) is 2.67. The van der Waals surface area contributed by atoms with E-state index in [4.69, 9.17) is 4.74 Å². The predicted octanol–water partition coefficient (Wildman–Crippen LogP) is 2.96. The number of nitrogens with one attached hydrogen (secondary N) is 1. The van der Waals surface area contributed by atoms with Gasteiger partial charge in [0.2, 0.25) is 0 Å². The van der Waals surface area contributed by atoms with Gasteiger partial charge >= 0.3 is 0 Å². The zero-order valence-corrected chi connectivity index (χ0v) is 11.2. The fourth-order valence-electron chi connectivity index (χ4n) is 2.08. The zero-order chi connectivity index (χ0) is 11.4. The van der Waals surface area contributed by atoms with E-state index in [0.29, 0.717) is 12.0 Å². The summed E-state index contributed by atoms with van der Waals surface area (Å²) < 4.78 is 6.72. The van der Waals surface area contributed by atoms with Gasteiger partial charge in [0.1, 0.15) is 0 Å². The fraction of sp³-hybridized carbons (Fsp3) is 0.538. The van der Waals surface area contributed by atoms with Crippen LogP contribution in [0, 0.1) is 5.92 Å². The molecule has 0 spiro atoms. The Morgan fingerprint density at radius 1 is 1.44 bits per heavy atom. The Bertz CT molecular complexity index is 342. The molecule has 1 aliphatic rings. The number of hydrogen-bond donors (Lipinski definition) is 1. The highest BCUT2D eigenvalue weighted by molar-refractivity contribution is 9.10. The van der Waals surface area contributed by atoms with Gasteiger partial charge in [-0.2, -0.15) is 0 Å². The van der Waals surface area contributed by atoms with E-state index < -0.39 is 0 Å². The summed E-state index contributed by atoms with van der Waals surface area (Å²) in [4.78, 5) is 0. The molecule has 0 aromatic heterocycles. The fourth-order valence-corrected chi connectivity index (χ4v) is 2.50. The molecule has 1 aliphatic heterocycles. The maximum atomic E-state index is 5.54. The van der Waals surface area contributed by atoms with Gasteiger partial charge in [0.25, 0.3) is 0 Å². The number of benzene rings is 1. The van der Waals surface area contributed by atoms with Gasteiger partial charge in [-0.1, -0.05) is 34.1 Å². The van der Waals surface area contributed by atoms with E-state index in [0.717, 1.165) is 19.7 Å². The summed E-state index contributed by atoms with van der Waals surface area (Å²) in [5.74, 6) is 0.669. The van der Waals surface area contributed by atoms with E-state index in [2.05, 4.69) is 46.4 Å². The molecule has 1 fully saturated rings. The maximum absolute atomic E-state index is 5.54. The maximum Gasteiger partial charge on any atom is 0.0588 e. The van der Waals surface area contributed by atoms with E-state index in [9.17, 15) is 0 Å². The van der Waals surface area contributed by atoms with Crippen LogP contribution in [0.1, 0.15) is 18.9 Å². The Labute approximate surface area is 106 Å². The Balaban J connectivity index is 1.78. The van der Waals surface area contributed by atoms with Crippen LogP contribution in [0.15, 0.2) is 28.7 Å². The molecule has 0 radical (unpaired) electrons. The Hall–Kier alpha value is -0.380. The summed E-state index contributed by atoms with van der Waals surface area (Å²) >= 11 is 3.56. The minimum atomic E-state index is 0.409. The molecule has 0 bridgehead atoms. The van der Waals surface area contributed by atoms with Crippen LogP contribution in [-0.2, 0) is 11.3 Å². The van der Waals surface area contributed by atoms with E-state index in [1.165, 1.54) is 16.5 Å². The molecule has 3 heteroatoms. The van der Waals surface area contributed by atoms with Crippen LogP contribution in [0.4, 0.5) is 0 Å². The molecule has 88 valence electrons. The third-order valence-corrected chi connectivity index (χ3v) is 3.99. The lowest BCUT2D eigenvalue weighted by Gasteiger charge is -2.15. The van der Waals surface area contributed by atoms with Crippen molar-refractivity contribution in [2.24, 2.45) is 5.92 Å². The molecule has 0 aliphatic carbocycles. The molecular weight excluding hydrogens is 266 g/mol. The van der Waals surface area contributed by atoms with E-state index in [1.54, 1.807) is 0 Å². The molecule has 0 saturated carbocycles. The van der Waals surface area contributed by atoms with Gasteiger partial charge in [-0.05, 0) is 30.9 Å². The number of ether oxygens (including phenoxy) is 1. The van der Waals surface area contributed by atoms with Gasteiger partial charge in [0, 0.05) is 24.2 Å². The smallest absolute Gasteiger partial charge is 0.0588 e. The first-order chi connectivity index (χ1) is 7.77. The van der Waals surface area contributed by atoms with Crippen molar-refractivity contribution < 1.29 is 4.74 Å². The van der Waals surface area contributed by atoms with Crippen molar-refractivity contribution in [3.05, 3.63) is 34.3 Å². The zero-order valence-electron chi connectivity index (χ0n) is 9.58. The standard InChI is InChI=1S/C13H18BrNO/c1-10-11(6-7-16-10)8-15-9-12-4-2-3-5-13(12)14/h2-5,10-11,15H,6-9H2,1H3. The summed E-state index contributed by atoms with van der Waals surface area (Å²) in [5, 5.41) is 3.50. The molecule has 2 rings (SSSR count). The molecule has 1 N–H and O–H groups in total. The van der Waals surface area contributed by atoms with Gasteiger partial charge in [-0.3, -0.25) is 0 Å². The minimum absolute atomic E-state index is 0.409. The van der Waals surface area contributed by atoms with Gasteiger partial charge in [-0.25, -0.2) is 0 Å². The summed E-state index contributed by atoms with van der Waals surface area (Å²) in [6, 6.07) is 8.34. The molecule has 16 heavy (non-hydrogen) atoms. The van der Waals surface area contributed by atoms with Crippen LogP contribution >= 0.6 is 15.9 Å². The van der Waals surface area contributed by atoms with Gasteiger partial charge in [0.15, 0.2) is 0 Å². The highest BCUT2D eigenvalue weighted by Gasteiger charge is 2.23. The molecule has 2 atom stereocenters. The first-order valence-corrected chi connectivity index (χ1v) is 6.62. The Morgan fingerprint density at radius 2 is 2.25 bits per heavy atom. The van der Waals surface area contributed by atoms with Gasteiger partial charge in [0.05, 0.1) is 6.10 Å². The van der Waals surface area contributed by atoms with Gasteiger partial charge < -0.3 is 10.1 Å². The summed E-state index contributed by atoms with van der Waals surface area (Å²) in [6.07, 6.45) is 1.59. The third-order valence-electron chi connectivity index (χ3n) is 3.21. The molecule has 2 nitrogen and oxygen atoms in total. The first-order valence-electron chi connectivity index (χ1n) is 5.83. The van der Waals surface area contributed by atoms with E-state index >= 15 is 0 Å². The van der Waals surface area contributed by atoms with E-state index in [-0.39, 0.29) is 0 Å². The molecular formula is C13H18BrNO. The summed E-state index contributed by atoms with van der Waals surface area (Å²) in [6.45, 7) is 5.05. The van der Waals surface area contributed by atoms with Crippen molar-refractivity contribution in [1.82, 2.24) is 5.32 Å². The first kappa shape index (κ1) is 12.1. The average molecular weight is 284 g/mol. The molecule has 1 heterocycles. The number of rotatable bonds is 4. The lowest BCUT2D eigenvalue weighted by atomic mass is 10.0. The largest absolute Gasteiger partial charge is 0.378 e. The number of halogens is 1.